The second kappa shape index (κ2) is 15.6. The Morgan fingerprint density at radius 3 is 2.28 bits per heavy atom. The molecule has 6 rings (SSSR count). The summed E-state index contributed by atoms with van der Waals surface area (Å²) in [5.41, 5.74) is 6.79. The molecule has 1 heterocycles. The minimum atomic E-state index is -0.332. The number of carbonyl (C=O) groups excluding carboxylic acids is 1. The van der Waals surface area contributed by atoms with E-state index in [4.69, 9.17) is 37.7 Å². The van der Waals surface area contributed by atoms with Gasteiger partial charge in [-0.05, 0) is 83.6 Å². The molecule has 5 aromatic rings. The molecule has 0 saturated heterocycles. The highest BCUT2D eigenvalue weighted by molar-refractivity contribution is 6.36. The van der Waals surface area contributed by atoms with Gasteiger partial charge in [0.1, 0.15) is 11.6 Å². The maximum atomic E-state index is 11.1. The molecule has 1 saturated carbocycles. The summed E-state index contributed by atoms with van der Waals surface area (Å²) in [6.07, 6.45) is 10.6. The summed E-state index contributed by atoms with van der Waals surface area (Å²) < 4.78 is 13.1. The van der Waals surface area contributed by atoms with Crippen molar-refractivity contribution in [2.24, 2.45) is 5.92 Å². The van der Waals surface area contributed by atoms with Gasteiger partial charge in [-0.15, -0.1) is 0 Å². The summed E-state index contributed by atoms with van der Waals surface area (Å²) >= 11 is 12.8. The Hall–Kier alpha value is -4.26. The Morgan fingerprint density at radius 2 is 1.60 bits per heavy atom. The molecule has 0 spiro atoms. The van der Waals surface area contributed by atoms with Crippen molar-refractivity contribution in [2.75, 3.05) is 18.7 Å². The van der Waals surface area contributed by atoms with Crippen molar-refractivity contribution in [2.45, 2.75) is 51.9 Å². The second-order valence-corrected chi connectivity index (χ2v) is 12.9. The van der Waals surface area contributed by atoms with Gasteiger partial charge >= 0.3 is 5.97 Å². The number of ether oxygens (including phenoxy) is 2. The minimum absolute atomic E-state index is 0.110. The standard InChI is InChI=1S/C39H39Cl2N3O3/c1-27(45)47-26-42-33-14-16-34(17-15-33)44-25-38(36-20-13-32(40)24-37(36)41)43-39(44)23-29-7-9-30(10-8-29)31-11-18-35(19-12-31)46-22-21-28-5-3-2-4-6-28/h7-20,24-25,28,42H,2-6,21-23,26H2,1H3. The summed E-state index contributed by atoms with van der Waals surface area (Å²) in [5.74, 6) is 2.29. The van der Waals surface area contributed by atoms with Crippen LogP contribution >= 0.6 is 23.2 Å². The lowest BCUT2D eigenvalue weighted by Gasteiger charge is -2.21. The molecule has 1 aliphatic carbocycles. The lowest BCUT2D eigenvalue weighted by atomic mass is 9.87. The number of anilines is 1. The van der Waals surface area contributed by atoms with Crippen molar-refractivity contribution in [1.82, 2.24) is 9.55 Å². The van der Waals surface area contributed by atoms with E-state index < -0.39 is 0 Å². The van der Waals surface area contributed by atoms with Crippen LogP contribution in [0.4, 0.5) is 5.69 Å². The van der Waals surface area contributed by atoms with Gasteiger partial charge in [-0.3, -0.25) is 4.79 Å². The van der Waals surface area contributed by atoms with E-state index in [2.05, 4.69) is 58.4 Å². The fraction of sp³-hybridized carbons (Fsp3) is 0.282. The van der Waals surface area contributed by atoms with Crippen molar-refractivity contribution < 1.29 is 14.3 Å². The molecule has 0 radical (unpaired) electrons. The van der Waals surface area contributed by atoms with Gasteiger partial charge in [0.25, 0.3) is 0 Å². The van der Waals surface area contributed by atoms with E-state index in [-0.39, 0.29) is 12.7 Å². The molecule has 1 aliphatic rings. The van der Waals surface area contributed by atoms with Crippen molar-refractivity contribution in [3.05, 3.63) is 119 Å². The van der Waals surface area contributed by atoms with Gasteiger partial charge in [-0.25, -0.2) is 4.98 Å². The Bertz CT molecular complexity index is 1780. The van der Waals surface area contributed by atoms with Gasteiger partial charge < -0.3 is 19.4 Å². The van der Waals surface area contributed by atoms with Crippen molar-refractivity contribution in [3.8, 4) is 33.8 Å². The maximum absolute atomic E-state index is 11.1. The third kappa shape index (κ3) is 8.76. The zero-order chi connectivity index (χ0) is 32.6. The third-order valence-corrected chi connectivity index (χ3v) is 9.25. The highest BCUT2D eigenvalue weighted by atomic mass is 35.5. The van der Waals surface area contributed by atoms with Crippen LogP contribution in [-0.2, 0) is 16.0 Å². The Morgan fingerprint density at radius 1 is 0.894 bits per heavy atom. The summed E-state index contributed by atoms with van der Waals surface area (Å²) in [6, 6.07) is 30.4. The van der Waals surface area contributed by atoms with Crippen LogP contribution in [-0.4, -0.2) is 28.9 Å². The number of hydrogen-bond donors (Lipinski definition) is 1. The molecule has 47 heavy (non-hydrogen) atoms. The summed E-state index contributed by atoms with van der Waals surface area (Å²) in [5, 5.41) is 4.21. The highest BCUT2D eigenvalue weighted by Gasteiger charge is 2.16. The summed E-state index contributed by atoms with van der Waals surface area (Å²) in [6.45, 7) is 2.28. The SMILES string of the molecule is CC(=O)OCNc1ccc(-n2cc(-c3ccc(Cl)cc3Cl)nc2Cc2ccc(-c3ccc(OCCC4CCCCC4)cc3)cc2)cc1. The van der Waals surface area contributed by atoms with Gasteiger partial charge in [-0.1, -0.05) is 91.7 Å². The number of imidazole rings is 1. The molecule has 242 valence electrons. The van der Waals surface area contributed by atoms with Crippen LogP contribution in [0, 0.1) is 5.92 Å². The molecule has 0 amide bonds. The van der Waals surface area contributed by atoms with Gasteiger partial charge in [0.05, 0.1) is 17.3 Å². The third-order valence-electron chi connectivity index (χ3n) is 8.71. The van der Waals surface area contributed by atoms with E-state index in [1.807, 2.05) is 42.6 Å². The lowest BCUT2D eigenvalue weighted by Crippen LogP contribution is -2.10. The molecular formula is C39H39Cl2N3O3. The second-order valence-electron chi connectivity index (χ2n) is 12.1. The quantitative estimate of drug-likeness (QED) is 0.106. The fourth-order valence-corrected chi connectivity index (χ4v) is 6.62. The first-order chi connectivity index (χ1) is 22.9. The van der Waals surface area contributed by atoms with Gasteiger partial charge in [-0.2, -0.15) is 0 Å². The number of hydrogen-bond acceptors (Lipinski definition) is 5. The van der Waals surface area contributed by atoms with Crippen molar-refractivity contribution in [1.29, 1.82) is 0 Å². The average molecular weight is 669 g/mol. The largest absolute Gasteiger partial charge is 0.494 e. The Kier molecular flexibility index (Phi) is 10.8. The molecular weight excluding hydrogens is 629 g/mol. The molecule has 1 fully saturated rings. The zero-order valence-corrected chi connectivity index (χ0v) is 28.1. The number of esters is 1. The smallest absolute Gasteiger partial charge is 0.304 e. The molecule has 4 aromatic carbocycles. The van der Waals surface area contributed by atoms with Gasteiger partial charge in [0.15, 0.2) is 6.73 Å². The van der Waals surface area contributed by atoms with E-state index in [9.17, 15) is 4.79 Å². The number of nitrogens with one attached hydrogen (secondary N) is 1. The number of benzene rings is 4. The van der Waals surface area contributed by atoms with Crippen LogP contribution in [0.25, 0.3) is 28.1 Å². The first-order valence-corrected chi connectivity index (χ1v) is 17.0. The first kappa shape index (κ1) is 32.7. The number of aromatic nitrogens is 2. The van der Waals surface area contributed by atoms with Crippen LogP contribution in [0.5, 0.6) is 5.75 Å². The molecule has 0 bridgehead atoms. The molecule has 0 aliphatic heterocycles. The maximum Gasteiger partial charge on any atom is 0.304 e. The molecule has 0 unspecified atom stereocenters. The Balaban J connectivity index is 1.17. The predicted octanol–water partition coefficient (Wildman–Crippen LogP) is 10.4. The number of rotatable bonds is 12. The van der Waals surface area contributed by atoms with Crippen LogP contribution in [0.1, 0.15) is 56.8 Å². The predicted molar refractivity (Wildman–Crippen MR) is 191 cm³/mol. The van der Waals surface area contributed by atoms with E-state index in [1.165, 1.54) is 39.0 Å². The van der Waals surface area contributed by atoms with Crippen LogP contribution in [0.3, 0.4) is 0 Å². The minimum Gasteiger partial charge on any atom is -0.494 e. The van der Waals surface area contributed by atoms with Gasteiger partial charge in [0, 0.05) is 41.5 Å². The molecule has 1 aromatic heterocycles. The lowest BCUT2D eigenvalue weighted by molar-refractivity contribution is -0.140. The van der Waals surface area contributed by atoms with E-state index >= 15 is 0 Å². The molecule has 0 atom stereocenters. The molecule has 1 N–H and O–H groups in total. The number of carbonyl (C=O) groups is 1. The molecule has 8 heteroatoms. The van der Waals surface area contributed by atoms with E-state index in [0.717, 1.165) is 69.8 Å². The monoisotopic (exact) mass is 667 g/mol. The summed E-state index contributed by atoms with van der Waals surface area (Å²) in [7, 11) is 0. The zero-order valence-electron chi connectivity index (χ0n) is 26.6. The summed E-state index contributed by atoms with van der Waals surface area (Å²) in [4.78, 5) is 16.1. The van der Waals surface area contributed by atoms with Crippen molar-refractivity contribution >= 4 is 34.9 Å². The first-order valence-electron chi connectivity index (χ1n) is 16.2. The van der Waals surface area contributed by atoms with Crippen LogP contribution in [0.2, 0.25) is 10.0 Å². The van der Waals surface area contributed by atoms with Crippen LogP contribution in [0.15, 0.2) is 97.2 Å². The topological polar surface area (TPSA) is 65.4 Å². The highest BCUT2D eigenvalue weighted by Crippen LogP contribution is 2.32. The van der Waals surface area contributed by atoms with Crippen molar-refractivity contribution in [3.63, 3.8) is 0 Å². The average Bonchev–Trinajstić information content (AvgIpc) is 3.49. The van der Waals surface area contributed by atoms with Gasteiger partial charge in [0.2, 0.25) is 0 Å². The number of halogens is 2. The van der Waals surface area contributed by atoms with E-state index in [0.29, 0.717) is 16.5 Å². The fourth-order valence-electron chi connectivity index (χ4n) is 6.12. The Labute approximate surface area is 286 Å². The molecule has 6 nitrogen and oxygen atoms in total. The van der Waals surface area contributed by atoms with Crippen LogP contribution < -0.4 is 10.1 Å². The van der Waals surface area contributed by atoms with E-state index in [1.54, 1.807) is 6.07 Å². The number of nitrogens with zero attached hydrogens (tertiary/aromatic N) is 2. The normalized spacial score (nSPS) is 13.3.